The monoisotopic (exact) mass is 266 g/mol. The zero-order valence-electron chi connectivity index (χ0n) is 11.0. The van der Waals surface area contributed by atoms with Gasteiger partial charge in [-0.25, -0.2) is 0 Å². The maximum Gasteiger partial charge on any atom is 0.262 e. The summed E-state index contributed by atoms with van der Waals surface area (Å²) in [5, 5.41) is 0. The Morgan fingerprint density at radius 1 is 0.900 bits per heavy atom. The zero-order valence-corrected chi connectivity index (χ0v) is 11.0. The van der Waals surface area contributed by atoms with E-state index in [2.05, 4.69) is 0 Å². The Bertz CT molecular complexity index is 657. The molecule has 0 aromatic heterocycles. The van der Waals surface area contributed by atoms with Crippen LogP contribution in [0.4, 0.5) is 5.69 Å². The third-order valence-electron chi connectivity index (χ3n) is 3.63. The van der Waals surface area contributed by atoms with Gasteiger partial charge in [0.2, 0.25) is 0 Å². The average molecular weight is 266 g/mol. The fourth-order valence-electron chi connectivity index (χ4n) is 2.48. The van der Waals surface area contributed by atoms with Gasteiger partial charge in [0.1, 0.15) is 0 Å². The minimum Gasteiger partial charge on any atom is -0.399 e. The zero-order chi connectivity index (χ0) is 14.3. The summed E-state index contributed by atoms with van der Waals surface area (Å²) < 4.78 is 0. The molecule has 2 aromatic rings. The molecule has 20 heavy (non-hydrogen) atoms. The molecule has 0 saturated carbocycles. The van der Waals surface area contributed by atoms with Crippen LogP contribution in [0.15, 0.2) is 48.5 Å². The molecule has 0 radical (unpaired) electrons. The van der Waals surface area contributed by atoms with Crippen molar-refractivity contribution < 1.29 is 9.59 Å². The average Bonchev–Trinajstić information content (AvgIpc) is 2.72. The van der Waals surface area contributed by atoms with Gasteiger partial charge in [-0.15, -0.1) is 0 Å². The van der Waals surface area contributed by atoms with Crippen molar-refractivity contribution in [3.63, 3.8) is 0 Å². The molecule has 1 aliphatic heterocycles. The Labute approximate surface area is 116 Å². The summed E-state index contributed by atoms with van der Waals surface area (Å²) in [7, 11) is 0. The van der Waals surface area contributed by atoms with Gasteiger partial charge in [-0.3, -0.25) is 14.5 Å². The number of nitrogens with two attached hydrogens (primary N) is 1. The second-order valence-electron chi connectivity index (χ2n) is 4.87. The van der Waals surface area contributed by atoms with Gasteiger partial charge in [-0.05, 0) is 36.8 Å². The molecular formula is C16H14N2O2. The van der Waals surface area contributed by atoms with Crippen LogP contribution in [0.1, 0.15) is 39.2 Å². The van der Waals surface area contributed by atoms with Crippen LogP contribution in [0.3, 0.4) is 0 Å². The Kier molecular flexibility index (Phi) is 2.79. The van der Waals surface area contributed by atoms with Crippen molar-refractivity contribution in [2.45, 2.75) is 13.0 Å². The highest BCUT2D eigenvalue weighted by atomic mass is 16.2. The van der Waals surface area contributed by atoms with Crippen LogP contribution in [0.5, 0.6) is 0 Å². The number of anilines is 1. The van der Waals surface area contributed by atoms with Gasteiger partial charge in [-0.1, -0.05) is 24.3 Å². The third-order valence-corrected chi connectivity index (χ3v) is 3.63. The van der Waals surface area contributed by atoms with Gasteiger partial charge in [0.05, 0.1) is 17.2 Å². The summed E-state index contributed by atoms with van der Waals surface area (Å²) in [6.07, 6.45) is 0. The lowest BCUT2D eigenvalue weighted by Gasteiger charge is -2.22. The maximum atomic E-state index is 12.4. The van der Waals surface area contributed by atoms with E-state index in [-0.39, 0.29) is 17.9 Å². The number of hydrogen-bond acceptors (Lipinski definition) is 3. The Hall–Kier alpha value is -2.62. The number of amides is 2. The minimum absolute atomic E-state index is 0.241. The van der Waals surface area contributed by atoms with E-state index in [4.69, 9.17) is 5.73 Å². The van der Waals surface area contributed by atoms with Crippen LogP contribution in [0.25, 0.3) is 0 Å². The van der Waals surface area contributed by atoms with Crippen molar-refractivity contribution in [1.82, 2.24) is 4.90 Å². The largest absolute Gasteiger partial charge is 0.399 e. The number of hydrogen-bond donors (Lipinski definition) is 1. The lowest BCUT2D eigenvalue weighted by Crippen LogP contribution is -2.32. The molecule has 100 valence electrons. The molecule has 1 aliphatic rings. The highest BCUT2D eigenvalue weighted by molar-refractivity contribution is 6.21. The van der Waals surface area contributed by atoms with E-state index in [1.807, 2.05) is 19.1 Å². The van der Waals surface area contributed by atoms with Crippen molar-refractivity contribution in [1.29, 1.82) is 0 Å². The van der Waals surface area contributed by atoms with Crippen LogP contribution in [0.2, 0.25) is 0 Å². The molecule has 4 heteroatoms. The molecule has 1 atom stereocenters. The summed E-state index contributed by atoms with van der Waals surface area (Å²) in [6, 6.07) is 13.8. The van der Waals surface area contributed by atoms with Crippen molar-refractivity contribution >= 4 is 17.5 Å². The van der Waals surface area contributed by atoms with Crippen molar-refractivity contribution in [3.8, 4) is 0 Å². The molecule has 0 saturated heterocycles. The number of imide groups is 1. The highest BCUT2D eigenvalue weighted by Crippen LogP contribution is 2.31. The predicted molar refractivity (Wildman–Crippen MR) is 76.2 cm³/mol. The maximum absolute atomic E-state index is 12.4. The molecule has 0 spiro atoms. The van der Waals surface area contributed by atoms with Gasteiger partial charge < -0.3 is 5.73 Å². The van der Waals surface area contributed by atoms with E-state index in [0.717, 1.165) is 5.56 Å². The van der Waals surface area contributed by atoms with Gasteiger partial charge >= 0.3 is 0 Å². The Morgan fingerprint density at radius 2 is 1.40 bits per heavy atom. The summed E-state index contributed by atoms with van der Waals surface area (Å²) in [5.74, 6) is -0.482. The van der Waals surface area contributed by atoms with Gasteiger partial charge in [0.15, 0.2) is 0 Å². The van der Waals surface area contributed by atoms with Crippen LogP contribution in [-0.4, -0.2) is 16.7 Å². The molecule has 0 unspecified atom stereocenters. The molecule has 2 N–H and O–H groups in total. The van der Waals surface area contributed by atoms with Gasteiger partial charge in [0.25, 0.3) is 11.8 Å². The minimum atomic E-state index is -0.317. The summed E-state index contributed by atoms with van der Waals surface area (Å²) in [5.41, 5.74) is 8.14. The molecule has 0 aliphatic carbocycles. The summed E-state index contributed by atoms with van der Waals surface area (Å²) in [4.78, 5) is 26.0. The van der Waals surface area contributed by atoms with Crippen molar-refractivity contribution in [2.24, 2.45) is 0 Å². The standard InChI is InChI=1S/C16H14N2O2/c1-10(11-6-8-12(17)9-7-11)18-15(19)13-4-2-3-5-14(13)16(18)20/h2-10H,17H2,1H3/t10-/m1/s1. The SMILES string of the molecule is C[C@H](c1ccc(N)cc1)N1C(=O)c2ccccc2C1=O. The van der Waals surface area contributed by atoms with Crippen LogP contribution >= 0.6 is 0 Å². The molecule has 2 amide bonds. The first kappa shape index (κ1) is 12.4. The number of rotatable bonds is 2. The molecule has 2 aromatic carbocycles. The molecule has 1 heterocycles. The van der Waals surface area contributed by atoms with Gasteiger partial charge in [-0.2, -0.15) is 0 Å². The second kappa shape index (κ2) is 4.49. The predicted octanol–water partition coefficient (Wildman–Crippen LogP) is 2.63. The van der Waals surface area contributed by atoms with Gasteiger partial charge in [0, 0.05) is 5.69 Å². The van der Waals surface area contributed by atoms with E-state index in [1.54, 1.807) is 36.4 Å². The normalized spacial score (nSPS) is 15.3. The quantitative estimate of drug-likeness (QED) is 0.671. The molecular weight excluding hydrogens is 252 g/mol. The second-order valence-corrected chi connectivity index (χ2v) is 4.87. The Balaban J connectivity index is 1.98. The third kappa shape index (κ3) is 1.77. The first-order valence-electron chi connectivity index (χ1n) is 6.42. The number of nitrogens with zero attached hydrogens (tertiary/aromatic N) is 1. The topological polar surface area (TPSA) is 63.4 Å². The van der Waals surface area contributed by atoms with Crippen LogP contribution in [-0.2, 0) is 0 Å². The van der Waals surface area contributed by atoms with Crippen molar-refractivity contribution in [2.75, 3.05) is 5.73 Å². The molecule has 0 fully saturated rings. The molecule has 4 nitrogen and oxygen atoms in total. The van der Waals surface area contributed by atoms with E-state index in [1.165, 1.54) is 4.90 Å². The highest BCUT2D eigenvalue weighted by Gasteiger charge is 2.38. The van der Waals surface area contributed by atoms with E-state index < -0.39 is 0 Å². The number of carbonyl (C=O) groups is 2. The van der Waals surface area contributed by atoms with Crippen LogP contribution < -0.4 is 5.73 Å². The Morgan fingerprint density at radius 3 is 1.90 bits per heavy atom. The lowest BCUT2D eigenvalue weighted by atomic mass is 10.1. The fraction of sp³-hybridized carbons (Fsp3) is 0.125. The molecule has 0 bridgehead atoms. The number of nitrogen functional groups attached to an aromatic ring is 1. The summed E-state index contributed by atoms with van der Waals surface area (Å²) in [6.45, 7) is 1.84. The first-order valence-corrected chi connectivity index (χ1v) is 6.42. The van der Waals surface area contributed by atoms with E-state index in [9.17, 15) is 9.59 Å². The lowest BCUT2D eigenvalue weighted by molar-refractivity contribution is 0.0595. The molecule has 3 rings (SSSR count). The smallest absolute Gasteiger partial charge is 0.262 e. The summed E-state index contributed by atoms with van der Waals surface area (Å²) >= 11 is 0. The number of fused-ring (bicyclic) bond motifs is 1. The fourth-order valence-corrected chi connectivity index (χ4v) is 2.48. The van der Waals surface area contributed by atoms with Crippen molar-refractivity contribution in [3.05, 3.63) is 65.2 Å². The first-order chi connectivity index (χ1) is 9.59. The number of benzene rings is 2. The van der Waals surface area contributed by atoms with E-state index in [0.29, 0.717) is 16.8 Å². The number of carbonyl (C=O) groups excluding carboxylic acids is 2. The van der Waals surface area contributed by atoms with E-state index >= 15 is 0 Å². The van der Waals surface area contributed by atoms with Crippen LogP contribution in [0, 0.1) is 0 Å².